The van der Waals surface area contributed by atoms with Gasteiger partial charge in [0.05, 0.1) is 17.6 Å². The lowest BCUT2D eigenvalue weighted by molar-refractivity contribution is 0.166. The summed E-state index contributed by atoms with van der Waals surface area (Å²) in [5, 5.41) is 14.7. The third kappa shape index (κ3) is 3.04. The van der Waals surface area contributed by atoms with Crippen LogP contribution in [0.2, 0.25) is 0 Å². The summed E-state index contributed by atoms with van der Waals surface area (Å²) in [6, 6.07) is 3.74. The smallest absolute Gasteiger partial charge is 0.154 e. The number of hydrogen-bond donors (Lipinski definition) is 2. The van der Waals surface area contributed by atoms with Crippen molar-refractivity contribution in [3.05, 3.63) is 22.4 Å². The Labute approximate surface area is 99.2 Å². The van der Waals surface area contributed by atoms with Gasteiger partial charge in [-0.05, 0) is 17.9 Å². The van der Waals surface area contributed by atoms with Crippen LogP contribution < -0.4 is 5.32 Å². The zero-order valence-corrected chi connectivity index (χ0v) is 10.4. The maximum atomic E-state index is 11.2. The highest BCUT2D eigenvalue weighted by atomic mass is 32.2. The standard InChI is InChI=1S/C10H15NO3S2/c12-10-7-16(13,14)6-9(10)11-4-3-8-2-1-5-15-8/h1-2,5,9-12H,3-4,6-7H2. The van der Waals surface area contributed by atoms with Crippen LogP contribution in [-0.4, -0.2) is 43.7 Å². The van der Waals surface area contributed by atoms with Crippen molar-refractivity contribution >= 4 is 21.2 Å². The lowest BCUT2D eigenvalue weighted by Crippen LogP contribution is -2.39. The minimum absolute atomic E-state index is 0.0542. The summed E-state index contributed by atoms with van der Waals surface area (Å²) in [7, 11) is -3.04. The van der Waals surface area contributed by atoms with Gasteiger partial charge in [-0.1, -0.05) is 6.07 Å². The molecule has 1 aliphatic heterocycles. The molecule has 2 heterocycles. The quantitative estimate of drug-likeness (QED) is 0.803. The predicted octanol–water partition coefficient (Wildman–Crippen LogP) is 0.0381. The topological polar surface area (TPSA) is 66.4 Å². The van der Waals surface area contributed by atoms with Crippen LogP contribution in [0, 0.1) is 0 Å². The van der Waals surface area contributed by atoms with Crippen LogP contribution in [0.1, 0.15) is 4.88 Å². The van der Waals surface area contributed by atoms with E-state index in [2.05, 4.69) is 5.32 Å². The molecule has 0 spiro atoms. The van der Waals surface area contributed by atoms with Gasteiger partial charge in [-0.25, -0.2) is 8.42 Å². The normalized spacial score (nSPS) is 28.3. The molecule has 1 aromatic heterocycles. The molecule has 2 atom stereocenters. The fourth-order valence-corrected chi connectivity index (χ4v) is 4.34. The number of aliphatic hydroxyl groups excluding tert-OH is 1. The zero-order chi connectivity index (χ0) is 11.6. The Morgan fingerprint density at radius 2 is 2.31 bits per heavy atom. The van der Waals surface area contributed by atoms with Crippen molar-refractivity contribution in [2.24, 2.45) is 0 Å². The van der Waals surface area contributed by atoms with Crippen molar-refractivity contribution in [3.63, 3.8) is 0 Å². The minimum atomic E-state index is -3.04. The summed E-state index contributed by atoms with van der Waals surface area (Å²) in [6.45, 7) is 0.706. The monoisotopic (exact) mass is 261 g/mol. The highest BCUT2D eigenvalue weighted by molar-refractivity contribution is 7.91. The number of sulfone groups is 1. The number of thiophene rings is 1. The van der Waals surface area contributed by atoms with E-state index >= 15 is 0 Å². The van der Waals surface area contributed by atoms with Crippen LogP contribution in [0.25, 0.3) is 0 Å². The average Bonchev–Trinajstić information content (AvgIpc) is 2.75. The molecule has 0 aliphatic carbocycles. The molecule has 0 radical (unpaired) electrons. The Hall–Kier alpha value is -0.430. The largest absolute Gasteiger partial charge is 0.390 e. The predicted molar refractivity (Wildman–Crippen MR) is 64.5 cm³/mol. The zero-order valence-electron chi connectivity index (χ0n) is 8.80. The van der Waals surface area contributed by atoms with Crippen molar-refractivity contribution in [1.29, 1.82) is 0 Å². The second-order valence-corrected chi connectivity index (χ2v) is 7.22. The van der Waals surface area contributed by atoms with Crippen molar-refractivity contribution in [1.82, 2.24) is 5.32 Å². The van der Waals surface area contributed by atoms with Crippen molar-refractivity contribution < 1.29 is 13.5 Å². The van der Waals surface area contributed by atoms with E-state index in [4.69, 9.17) is 0 Å². The summed E-state index contributed by atoms with van der Waals surface area (Å²) >= 11 is 1.69. The number of rotatable bonds is 4. The summed E-state index contributed by atoms with van der Waals surface area (Å²) < 4.78 is 22.5. The van der Waals surface area contributed by atoms with Gasteiger partial charge in [-0.3, -0.25) is 0 Å². The lowest BCUT2D eigenvalue weighted by Gasteiger charge is -2.14. The molecular formula is C10H15NO3S2. The van der Waals surface area contributed by atoms with E-state index in [0.29, 0.717) is 6.54 Å². The van der Waals surface area contributed by atoms with Crippen LogP contribution in [0.15, 0.2) is 17.5 Å². The molecule has 4 nitrogen and oxygen atoms in total. The number of nitrogens with one attached hydrogen (secondary N) is 1. The first-order valence-electron chi connectivity index (χ1n) is 5.21. The third-order valence-electron chi connectivity index (χ3n) is 2.68. The molecule has 0 bridgehead atoms. The van der Waals surface area contributed by atoms with Crippen LogP contribution in [-0.2, 0) is 16.3 Å². The molecule has 0 saturated carbocycles. The molecule has 1 fully saturated rings. The average molecular weight is 261 g/mol. The molecule has 2 N–H and O–H groups in total. The van der Waals surface area contributed by atoms with Crippen LogP contribution >= 0.6 is 11.3 Å². The van der Waals surface area contributed by atoms with E-state index < -0.39 is 15.9 Å². The van der Waals surface area contributed by atoms with Crippen LogP contribution in [0.5, 0.6) is 0 Å². The van der Waals surface area contributed by atoms with Gasteiger partial charge in [0.2, 0.25) is 0 Å². The number of aliphatic hydroxyl groups is 1. The van der Waals surface area contributed by atoms with E-state index in [1.54, 1.807) is 11.3 Å². The molecular weight excluding hydrogens is 246 g/mol. The fraction of sp³-hybridized carbons (Fsp3) is 0.600. The summed E-state index contributed by atoms with van der Waals surface area (Å²) in [4.78, 5) is 1.27. The van der Waals surface area contributed by atoms with Crippen molar-refractivity contribution in [3.8, 4) is 0 Å². The van der Waals surface area contributed by atoms with E-state index in [0.717, 1.165) is 6.42 Å². The fourth-order valence-electron chi connectivity index (χ4n) is 1.86. The molecule has 16 heavy (non-hydrogen) atoms. The molecule has 0 aromatic carbocycles. The van der Waals surface area contributed by atoms with Gasteiger partial charge in [0, 0.05) is 17.5 Å². The van der Waals surface area contributed by atoms with Crippen molar-refractivity contribution in [2.75, 3.05) is 18.1 Å². The Morgan fingerprint density at radius 1 is 1.50 bits per heavy atom. The van der Waals surface area contributed by atoms with Gasteiger partial charge in [0.15, 0.2) is 9.84 Å². The van der Waals surface area contributed by atoms with Gasteiger partial charge in [0.25, 0.3) is 0 Å². The first-order chi connectivity index (χ1) is 7.57. The maximum absolute atomic E-state index is 11.2. The highest BCUT2D eigenvalue weighted by Crippen LogP contribution is 2.13. The van der Waals surface area contributed by atoms with Crippen LogP contribution in [0.4, 0.5) is 0 Å². The van der Waals surface area contributed by atoms with E-state index in [1.807, 2.05) is 17.5 Å². The summed E-state index contributed by atoms with van der Waals surface area (Å²) in [5.41, 5.74) is 0. The second kappa shape index (κ2) is 4.83. The molecule has 1 aromatic rings. The van der Waals surface area contributed by atoms with Gasteiger partial charge in [-0.15, -0.1) is 11.3 Å². The highest BCUT2D eigenvalue weighted by Gasteiger charge is 2.35. The SMILES string of the molecule is O=S1(=O)CC(O)C(NCCc2cccs2)C1. The van der Waals surface area contributed by atoms with Gasteiger partial charge >= 0.3 is 0 Å². The Morgan fingerprint density at radius 3 is 2.88 bits per heavy atom. The maximum Gasteiger partial charge on any atom is 0.154 e. The van der Waals surface area contributed by atoms with Crippen LogP contribution in [0.3, 0.4) is 0 Å². The minimum Gasteiger partial charge on any atom is -0.390 e. The molecule has 90 valence electrons. The van der Waals surface area contributed by atoms with E-state index in [9.17, 15) is 13.5 Å². The van der Waals surface area contributed by atoms with E-state index in [-0.39, 0.29) is 17.5 Å². The first kappa shape index (κ1) is 12.0. The molecule has 2 rings (SSSR count). The molecule has 1 saturated heterocycles. The Balaban J connectivity index is 1.79. The Bertz CT molecular complexity index is 427. The molecule has 0 amide bonds. The third-order valence-corrected chi connectivity index (χ3v) is 5.33. The van der Waals surface area contributed by atoms with E-state index in [1.165, 1.54) is 4.88 Å². The lowest BCUT2D eigenvalue weighted by atomic mass is 10.2. The summed E-state index contributed by atoms with van der Waals surface area (Å²) in [6.07, 6.45) is 0.120. The summed E-state index contributed by atoms with van der Waals surface area (Å²) in [5.74, 6) is -0.0533. The number of hydrogen-bond acceptors (Lipinski definition) is 5. The molecule has 6 heteroatoms. The molecule has 2 unspecified atom stereocenters. The van der Waals surface area contributed by atoms with Gasteiger partial charge < -0.3 is 10.4 Å². The van der Waals surface area contributed by atoms with Crippen molar-refractivity contribution in [2.45, 2.75) is 18.6 Å². The second-order valence-electron chi connectivity index (χ2n) is 4.03. The first-order valence-corrected chi connectivity index (χ1v) is 7.91. The van der Waals surface area contributed by atoms with Gasteiger partial charge in [-0.2, -0.15) is 0 Å². The molecule has 1 aliphatic rings. The Kier molecular flexibility index (Phi) is 3.63. The van der Waals surface area contributed by atoms with Gasteiger partial charge in [0.1, 0.15) is 0 Å².